The fraction of sp³-hybridized carbons (Fsp3) is 0.406. The van der Waals surface area contributed by atoms with E-state index in [4.69, 9.17) is 9.47 Å². The molecule has 0 amide bonds. The smallest absolute Gasteiger partial charge is 0.303 e. The lowest BCUT2D eigenvalue weighted by Gasteiger charge is -2.25. The number of carboxylic acid groups (broad SMARTS) is 1. The summed E-state index contributed by atoms with van der Waals surface area (Å²) in [6.07, 6.45) is 4.65. The molecule has 3 aromatic rings. The molecule has 196 valence electrons. The van der Waals surface area contributed by atoms with Crippen LogP contribution in [0.15, 0.2) is 60.7 Å². The highest BCUT2D eigenvalue weighted by atomic mass is 19.1. The minimum Gasteiger partial charge on any atom is -0.497 e. The molecule has 1 aliphatic rings. The van der Waals surface area contributed by atoms with Crippen molar-refractivity contribution < 1.29 is 23.8 Å². The summed E-state index contributed by atoms with van der Waals surface area (Å²) in [4.78, 5) is 11.6. The molecule has 4 rings (SSSR count). The van der Waals surface area contributed by atoms with Crippen molar-refractivity contribution in [3.8, 4) is 22.6 Å². The lowest BCUT2D eigenvalue weighted by molar-refractivity contribution is -0.137. The first-order valence-electron chi connectivity index (χ1n) is 13.1. The van der Waals surface area contributed by atoms with Gasteiger partial charge >= 0.3 is 5.97 Å². The summed E-state index contributed by atoms with van der Waals surface area (Å²) < 4.78 is 26.3. The van der Waals surface area contributed by atoms with Gasteiger partial charge in [0, 0.05) is 5.56 Å². The Labute approximate surface area is 219 Å². The highest BCUT2D eigenvalue weighted by Gasteiger charge is 2.28. The van der Waals surface area contributed by atoms with Crippen molar-refractivity contribution in [3.05, 3.63) is 83.2 Å². The predicted octanol–water partition coefficient (Wildman–Crippen LogP) is 8.13. The molecule has 4 nitrogen and oxygen atoms in total. The van der Waals surface area contributed by atoms with Crippen molar-refractivity contribution in [2.45, 2.75) is 70.8 Å². The molecule has 0 aromatic heterocycles. The molecule has 1 aliphatic carbocycles. The fourth-order valence-corrected chi connectivity index (χ4v) is 5.48. The molecule has 0 saturated heterocycles. The summed E-state index contributed by atoms with van der Waals surface area (Å²) >= 11 is 0. The van der Waals surface area contributed by atoms with Gasteiger partial charge in [0.2, 0.25) is 0 Å². The topological polar surface area (TPSA) is 55.8 Å². The Balaban J connectivity index is 1.58. The second-order valence-electron chi connectivity index (χ2n) is 11.1. The summed E-state index contributed by atoms with van der Waals surface area (Å²) in [7, 11) is 1.58. The molecule has 37 heavy (non-hydrogen) atoms. The Morgan fingerprint density at radius 2 is 1.76 bits per heavy atom. The van der Waals surface area contributed by atoms with Gasteiger partial charge in [-0.25, -0.2) is 4.39 Å². The van der Waals surface area contributed by atoms with Crippen molar-refractivity contribution in [2.75, 3.05) is 7.11 Å². The van der Waals surface area contributed by atoms with Crippen LogP contribution in [0.4, 0.5) is 4.39 Å². The summed E-state index contributed by atoms with van der Waals surface area (Å²) in [5, 5.41) is 9.51. The third-order valence-electron chi connectivity index (χ3n) is 7.41. The van der Waals surface area contributed by atoms with E-state index in [1.165, 1.54) is 18.9 Å². The molecule has 5 heteroatoms. The summed E-state index contributed by atoms with van der Waals surface area (Å²) in [6, 6.07) is 18.7. The first kappa shape index (κ1) is 26.7. The Hall–Kier alpha value is -3.34. The first-order valence-corrected chi connectivity index (χ1v) is 13.1. The molecular formula is C32H37FO4. The van der Waals surface area contributed by atoms with E-state index in [-0.39, 0.29) is 23.6 Å². The molecule has 0 unspecified atom stereocenters. The van der Waals surface area contributed by atoms with Crippen LogP contribution in [0.3, 0.4) is 0 Å². The van der Waals surface area contributed by atoms with Crippen molar-refractivity contribution in [2.24, 2.45) is 5.92 Å². The normalized spacial score (nSPS) is 14.9. The van der Waals surface area contributed by atoms with Gasteiger partial charge in [-0.1, -0.05) is 63.9 Å². The van der Waals surface area contributed by atoms with Gasteiger partial charge < -0.3 is 14.6 Å². The van der Waals surface area contributed by atoms with E-state index < -0.39 is 5.97 Å². The van der Waals surface area contributed by atoms with Gasteiger partial charge in [-0.3, -0.25) is 4.79 Å². The number of carbonyl (C=O) groups is 1. The predicted molar refractivity (Wildman–Crippen MR) is 145 cm³/mol. The molecule has 1 atom stereocenters. The third-order valence-corrected chi connectivity index (χ3v) is 7.41. The first-order chi connectivity index (χ1) is 17.7. The van der Waals surface area contributed by atoms with Crippen LogP contribution in [0.2, 0.25) is 0 Å². The van der Waals surface area contributed by atoms with Gasteiger partial charge in [0.15, 0.2) is 0 Å². The largest absolute Gasteiger partial charge is 0.497 e. The van der Waals surface area contributed by atoms with Gasteiger partial charge in [-0.2, -0.15) is 0 Å². The van der Waals surface area contributed by atoms with Crippen LogP contribution in [0.1, 0.15) is 75.5 Å². The maximum absolute atomic E-state index is 14.8. The van der Waals surface area contributed by atoms with Gasteiger partial charge in [0.05, 0.1) is 13.5 Å². The van der Waals surface area contributed by atoms with Gasteiger partial charge in [-0.05, 0) is 82.7 Å². The van der Waals surface area contributed by atoms with Gasteiger partial charge in [0.25, 0.3) is 0 Å². The van der Waals surface area contributed by atoms with Crippen LogP contribution in [0, 0.1) is 11.7 Å². The van der Waals surface area contributed by atoms with Crippen LogP contribution in [0.25, 0.3) is 11.1 Å². The van der Waals surface area contributed by atoms with E-state index in [9.17, 15) is 14.3 Å². The average molecular weight is 505 g/mol. The van der Waals surface area contributed by atoms with Crippen LogP contribution in [-0.2, 0) is 16.8 Å². The maximum atomic E-state index is 14.8. The quantitative estimate of drug-likeness (QED) is 0.320. The van der Waals surface area contributed by atoms with E-state index in [1.807, 2.05) is 36.4 Å². The zero-order chi connectivity index (χ0) is 26.6. The Morgan fingerprint density at radius 1 is 1.00 bits per heavy atom. The SMILES string of the molecule is COc1ccc(F)c(-c2ccc(COc3cccc([C@@H](CC(=O)O)C4CCCC4)c3)cc2C(C)(C)C)c1. The number of aliphatic carboxylic acids is 1. The molecule has 3 aromatic carbocycles. The molecule has 0 heterocycles. The lowest BCUT2D eigenvalue weighted by Crippen LogP contribution is -2.15. The number of halogens is 1. The van der Waals surface area contributed by atoms with E-state index >= 15 is 0 Å². The Bertz CT molecular complexity index is 1240. The molecule has 0 aliphatic heterocycles. The second-order valence-corrected chi connectivity index (χ2v) is 11.1. The number of rotatable bonds is 9. The summed E-state index contributed by atoms with van der Waals surface area (Å²) in [5.41, 5.74) is 4.18. The molecule has 1 fully saturated rings. The Morgan fingerprint density at radius 3 is 2.43 bits per heavy atom. The second kappa shape index (κ2) is 11.4. The molecule has 0 spiro atoms. The van der Waals surface area contributed by atoms with Gasteiger partial charge in [0.1, 0.15) is 23.9 Å². The highest BCUT2D eigenvalue weighted by molar-refractivity contribution is 5.71. The summed E-state index contributed by atoms with van der Waals surface area (Å²) in [5.74, 6) is 0.711. The highest BCUT2D eigenvalue weighted by Crippen LogP contribution is 2.40. The van der Waals surface area contributed by atoms with Crippen LogP contribution in [-0.4, -0.2) is 18.2 Å². The number of benzene rings is 3. The van der Waals surface area contributed by atoms with E-state index in [0.29, 0.717) is 23.8 Å². The van der Waals surface area contributed by atoms with Crippen molar-refractivity contribution >= 4 is 5.97 Å². The third kappa shape index (κ3) is 6.51. The summed E-state index contributed by atoms with van der Waals surface area (Å²) in [6.45, 7) is 6.71. The number of hydrogen-bond donors (Lipinski definition) is 1. The maximum Gasteiger partial charge on any atom is 0.303 e. The van der Waals surface area contributed by atoms with E-state index in [0.717, 1.165) is 40.8 Å². The number of ether oxygens (including phenoxy) is 2. The van der Waals surface area contributed by atoms with Crippen molar-refractivity contribution in [3.63, 3.8) is 0 Å². The van der Waals surface area contributed by atoms with Gasteiger partial charge in [-0.15, -0.1) is 0 Å². The number of carboxylic acids is 1. The van der Waals surface area contributed by atoms with Crippen LogP contribution >= 0.6 is 0 Å². The molecule has 1 N–H and O–H groups in total. The molecular weight excluding hydrogens is 467 g/mol. The minimum absolute atomic E-state index is 0.00749. The standard InChI is InChI=1S/C32H37FO4/c1-32(2,3)29-16-21(12-14-26(29)28-18-24(36-4)13-15-30(28)33)20-37-25-11-7-10-23(17-25)27(19-31(34)35)22-8-5-6-9-22/h7,10-18,22,27H,5-6,8-9,19-20H2,1-4H3,(H,34,35)/t27-/m0/s1. The van der Waals surface area contributed by atoms with E-state index in [1.54, 1.807) is 19.2 Å². The number of methoxy groups -OCH3 is 1. The van der Waals surface area contributed by atoms with Crippen molar-refractivity contribution in [1.82, 2.24) is 0 Å². The molecule has 1 saturated carbocycles. The average Bonchev–Trinajstić information content (AvgIpc) is 3.41. The monoisotopic (exact) mass is 504 g/mol. The molecule has 0 bridgehead atoms. The zero-order valence-electron chi connectivity index (χ0n) is 22.2. The Kier molecular flexibility index (Phi) is 8.21. The molecule has 0 radical (unpaired) electrons. The van der Waals surface area contributed by atoms with E-state index in [2.05, 4.69) is 26.8 Å². The fourth-order valence-electron chi connectivity index (χ4n) is 5.48. The lowest BCUT2D eigenvalue weighted by atomic mass is 9.81. The zero-order valence-corrected chi connectivity index (χ0v) is 22.2. The minimum atomic E-state index is -0.759. The van der Waals surface area contributed by atoms with Crippen LogP contribution < -0.4 is 9.47 Å². The van der Waals surface area contributed by atoms with Crippen molar-refractivity contribution in [1.29, 1.82) is 0 Å². The van der Waals surface area contributed by atoms with Crippen LogP contribution in [0.5, 0.6) is 11.5 Å². The number of hydrogen-bond acceptors (Lipinski definition) is 3.